The van der Waals surface area contributed by atoms with Crippen molar-refractivity contribution in [3.8, 4) is 11.1 Å². The zero-order chi connectivity index (χ0) is 25.6. The number of alkyl halides is 1. The van der Waals surface area contributed by atoms with E-state index in [4.69, 9.17) is 0 Å². The van der Waals surface area contributed by atoms with Gasteiger partial charge in [-0.25, -0.2) is 28.1 Å². The van der Waals surface area contributed by atoms with Crippen LogP contribution in [0, 0.1) is 17.6 Å². The molecular weight excluding hydrogens is 504 g/mol. The van der Waals surface area contributed by atoms with Crippen LogP contribution in [0.25, 0.3) is 22.2 Å². The minimum Gasteiger partial charge on any atom is -0.345 e. The van der Waals surface area contributed by atoms with Crippen LogP contribution in [0.4, 0.5) is 23.2 Å². The van der Waals surface area contributed by atoms with E-state index in [0.29, 0.717) is 0 Å². The number of aromatic amines is 1. The molecule has 5 rings (SSSR count). The first-order valence-electron chi connectivity index (χ1n) is 10.5. The molecule has 4 aromatic rings. The van der Waals surface area contributed by atoms with Gasteiger partial charge in [0.15, 0.2) is 5.82 Å². The Hall–Kier alpha value is -3.91. The fraction of sp³-hybridized carbons (Fsp3) is 0.182. The van der Waals surface area contributed by atoms with E-state index < -0.39 is 57.5 Å². The van der Waals surface area contributed by atoms with Crippen LogP contribution in [0.15, 0.2) is 43.1 Å². The summed E-state index contributed by atoms with van der Waals surface area (Å²) in [5, 5.41) is 0.136. The van der Waals surface area contributed by atoms with Gasteiger partial charge in [-0.3, -0.25) is 9.52 Å². The minimum absolute atomic E-state index is 0.00213. The molecule has 0 radical (unpaired) electrons. The second kappa shape index (κ2) is 8.95. The molecule has 2 N–H and O–H groups in total. The molecule has 36 heavy (non-hydrogen) atoms. The number of aromatic nitrogens is 4. The van der Waals surface area contributed by atoms with Gasteiger partial charge in [0.2, 0.25) is 11.7 Å². The van der Waals surface area contributed by atoms with Gasteiger partial charge in [-0.05, 0) is 24.6 Å². The van der Waals surface area contributed by atoms with E-state index in [-0.39, 0.29) is 40.7 Å². The van der Waals surface area contributed by atoms with Gasteiger partial charge in [0, 0.05) is 48.2 Å². The number of nitrogens with zero attached hydrogens (tertiary/aromatic N) is 4. The molecule has 0 bridgehead atoms. The molecule has 14 heteroatoms. The van der Waals surface area contributed by atoms with E-state index >= 15 is 4.39 Å². The third-order valence-electron chi connectivity index (χ3n) is 5.74. The van der Waals surface area contributed by atoms with E-state index in [9.17, 15) is 26.4 Å². The zero-order valence-corrected chi connectivity index (χ0v) is 19.0. The molecule has 1 atom stereocenters. The fourth-order valence-electron chi connectivity index (χ4n) is 3.93. The number of fused-ring (bicyclic) bond motifs is 1. The number of halogens is 4. The highest BCUT2D eigenvalue weighted by molar-refractivity contribution is 7.90. The maximum Gasteiger partial charge on any atom is 0.301 e. The van der Waals surface area contributed by atoms with Crippen LogP contribution >= 0.6 is 0 Å². The molecule has 3 aromatic heterocycles. The average Bonchev–Trinajstić information content (AvgIpc) is 3.47. The highest BCUT2D eigenvalue weighted by atomic mass is 32.2. The Kier molecular flexibility index (Phi) is 5.92. The predicted octanol–water partition coefficient (Wildman–Crippen LogP) is 3.37. The Morgan fingerprint density at radius 3 is 2.69 bits per heavy atom. The average molecular weight is 520 g/mol. The lowest BCUT2D eigenvalue weighted by atomic mass is 10.0. The van der Waals surface area contributed by atoms with Gasteiger partial charge in [-0.15, -0.1) is 0 Å². The Bertz CT molecular complexity index is 1610. The summed E-state index contributed by atoms with van der Waals surface area (Å²) in [5.41, 5.74) is -1.48. The van der Waals surface area contributed by atoms with Crippen LogP contribution in [0.5, 0.6) is 0 Å². The molecule has 1 aliphatic rings. The number of carbonyl (C=O) groups excluding carboxylic acids is 1. The highest BCUT2D eigenvalue weighted by Gasteiger charge is 2.33. The zero-order valence-electron chi connectivity index (χ0n) is 18.2. The van der Waals surface area contributed by atoms with Gasteiger partial charge in [0.25, 0.3) is 0 Å². The summed E-state index contributed by atoms with van der Waals surface area (Å²) in [4.78, 5) is 27.3. The van der Waals surface area contributed by atoms with Crippen LogP contribution in [0.1, 0.15) is 22.3 Å². The molecule has 1 fully saturated rings. The molecule has 0 aliphatic carbocycles. The van der Waals surface area contributed by atoms with E-state index in [1.807, 2.05) is 4.72 Å². The SMILES string of the molecule is O=C(c1c(F)ccc(NS(=O)(=O)N2CC[C@@H](F)C2)c1F)c1c[nH]c2ncc(-c3cncnc3F)cc12. The van der Waals surface area contributed by atoms with Crippen molar-refractivity contribution in [2.24, 2.45) is 0 Å². The molecule has 4 heterocycles. The summed E-state index contributed by atoms with van der Waals surface area (Å²) in [7, 11) is -4.35. The summed E-state index contributed by atoms with van der Waals surface area (Å²) in [6.45, 7) is -0.509. The van der Waals surface area contributed by atoms with Crippen LogP contribution in [-0.2, 0) is 10.2 Å². The van der Waals surface area contributed by atoms with Gasteiger partial charge in [-0.2, -0.15) is 17.1 Å². The monoisotopic (exact) mass is 520 g/mol. The van der Waals surface area contributed by atoms with Crippen LogP contribution < -0.4 is 4.72 Å². The molecular formula is C22H16F4N6O3S. The van der Waals surface area contributed by atoms with E-state index in [2.05, 4.69) is 19.9 Å². The number of hydrogen-bond donors (Lipinski definition) is 2. The maximum atomic E-state index is 15.3. The maximum absolute atomic E-state index is 15.3. The predicted molar refractivity (Wildman–Crippen MR) is 120 cm³/mol. The molecule has 1 aromatic carbocycles. The Balaban J connectivity index is 1.53. The Morgan fingerprint density at radius 2 is 1.97 bits per heavy atom. The van der Waals surface area contributed by atoms with Crippen molar-refractivity contribution in [3.63, 3.8) is 0 Å². The van der Waals surface area contributed by atoms with Crippen molar-refractivity contribution in [1.82, 2.24) is 24.2 Å². The standard InChI is InChI=1S/C22H16F4N6O3S/c23-12-3-4-32(9-12)36(34,35)31-17-2-1-16(24)18(19(17)25)20(33)15-8-29-22-13(15)5-11(6-28-22)14-7-27-10-30-21(14)26/h1-2,5-8,10,12,31H,3-4,9H2,(H,28,29)/t12-/m1/s1. The first-order chi connectivity index (χ1) is 17.2. The summed E-state index contributed by atoms with van der Waals surface area (Å²) >= 11 is 0. The number of benzene rings is 1. The summed E-state index contributed by atoms with van der Waals surface area (Å²) in [6, 6.07) is 2.96. The number of H-pyrrole nitrogens is 1. The topological polar surface area (TPSA) is 121 Å². The van der Waals surface area contributed by atoms with Gasteiger partial charge in [0.05, 0.1) is 16.8 Å². The van der Waals surface area contributed by atoms with Crippen molar-refractivity contribution in [1.29, 1.82) is 0 Å². The Morgan fingerprint density at radius 1 is 1.17 bits per heavy atom. The largest absolute Gasteiger partial charge is 0.345 e. The van der Waals surface area contributed by atoms with E-state index in [1.54, 1.807) is 0 Å². The quantitative estimate of drug-likeness (QED) is 0.229. The van der Waals surface area contributed by atoms with Crippen LogP contribution in [0.3, 0.4) is 0 Å². The van der Waals surface area contributed by atoms with Crippen molar-refractivity contribution in [2.75, 3.05) is 17.8 Å². The van der Waals surface area contributed by atoms with Crippen molar-refractivity contribution >= 4 is 32.7 Å². The lowest BCUT2D eigenvalue weighted by Gasteiger charge is -2.18. The first-order valence-corrected chi connectivity index (χ1v) is 12.0. The lowest BCUT2D eigenvalue weighted by Crippen LogP contribution is -2.34. The van der Waals surface area contributed by atoms with Gasteiger partial charge < -0.3 is 4.98 Å². The fourth-order valence-corrected chi connectivity index (χ4v) is 5.20. The highest BCUT2D eigenvalue weighted by Crippen LogP contribution is 2.30. The number of rotatable bonds is 6. The first kappa shape index (κ1) is 23.8. The normalized spacial score (nSPS) is 16.5. The second-order valence-corrected chi connectivity index (χ2v) is 9.68. The number of pyridine rings is 1. The summed E-state index contributed by atoms with van der Waals surface area (Å²) < 4.78 is 85.3. The number of nitrogens with one attached hydrogen (secondary N) is 2. The Labute approximate surface area is 201 Å². The number of carbonyl (C=O) groups is 1. The van der Waals surface area contributed by atoms with Gasteiger partial charge in [-0.1, -0.05) is 0 Å². The minimum atomic E-state index is -4.35. The molecule has 0 saturated carbocycles. The van der Waals surface area contributed by atoms with Crippen LogP contribution in [0.2, 0.25) is 0 Å². The molecule has 1 aliphatic heterocycles. The molecule has 0 amide bonds. The second-order valence-electron chi connectivity index (χ2n) is 8.01. The van der Waals surface area contributed by atoms with Crippen molar-refractivity contribution in [2.45, 2.75) is 12.6 Å². The smallest absolute Gasteiger partial charge is 0.301 e. The van der Waals surface area contributed by atoms with E-state index in [1.165, 1.54) is 24.7 Å². The van der Waals surface area contributed by atoms with Crippen molar-refractivity contribution < 1.29 is 30.8 Å². The molecule has 0 unspecified atom stereocenters. The molecule has 186 valence electrons. The molecule has 0 spiro atoms. The van der Waals surface area contributed by atoms with Crippen LogP contribution in [-0.4, -0.2) is 57.7 Å². The molecule has 9 nitrogen and oxygen atoms in total. The van der Waals surface area contributed by atoms with Gasteiger partial charge >= 0.3 is 10.2 Å². The summed E-state index contributed by atoms with van der Waals surface area (Å²) in [6.07, 6.45) is 3.36. The van der Waals surface area contributed by atoms with Gasteiger partial charge in [0.1, 0.15) is 24.0 Å². The molecule has 1 saturated heterocycles. The number of hydrogen-bond acceptors (Lipinski definition) is 6. The summed E-state index contributed by atoms with van der Waals surface area (Å²) in [5.74, 6) is -4.61. The lowest BCUT2D eigenvalue weighted by molar-refractivity contribution is 0.103. The number of anilines is 1. The third kappa shape index (κ3) is 4.18. The van der Waals surface area contributed by atoms with E-state index in [0.717, 1.165) is 22.8 Å². The van der Waals surface area contributed by atoms with Crippen molar-refractivity contribution in [3.05, 3.63) is 71.8 Å². The third-order valence-corrected chi connectivity index (χ3v) is 7.23. The number of ketones is 1.